The quantitative estimate of drug-likeness (QED) is 0.724. The van der Waals surface area contributed by atoms with E-state index in [1.807, 2.05) is 14.0 Å². The first-order chi connectivity index (χ1) is 6.65. The summed E-state index contributed by atoms with van der Waals surface area (Å²) in [6.07, 6.45) is 2.82. The van der Waals surface area contributed by atoms with E-state index >= 15 is 0 Å². The highest BCUT2D eigenvalue weighted by Crippen LogP contribution is 2.16. The van der Waals surface area contributed by atoms with Crippen molar-refractivity contribution in [1.29, 1.82) is 0 Å². The van der Waals surface area contributed by atoms with Crippen LogP contribution in [0.15, 0.2) is 0 Å². The number of carbonyl (C=O) groups is 1. The molecular formula is C10H18BrNO2. The van der Waals surface area contributed by atoms with Crippen molar-refractivity contribution in [3.05, 3.63) is 0 Å². The van der Waals surface area contributed by atoms with E-state index in [2.05, 4.69) is 15.9 Å². The predicted octanol–water partition coefficient (Wildman–Crippen LogP) is 1.80. The molecule has 0 bridgehead atoms. The molecule has 2 unspecified atom stereocenters. The standard InChI is InChI=1S/C10H18BrNO2/c1-8(7-11)12(2)10(13)6-9-4-3-5-14-9/h8-9H,3-7H2,1-2H3. The zero-order valence-corrected chi connectivity index (χ0v) is 10.4. The third-order valence-corrected chi connectivity index (χ3v) is 3.64. The lowest BCUT2D eigenvalue weighted by Gasteiger charge is -2.24. The van der Waals surface area contributed by atoms with Crippen LogP contribution in [0.25, 0.3) is 0 Å². The van der Waals surface area contributed by atoms with E-state index in [-0.39, 0.29) is 18.1 Å². The molecule has 0 radical (unpaired) electrons. The Morgan fingerprint density at radius 3 is 2.93 bits per heavy atom. The second-order valence-electron chi connectivity index (χ2n) is 3.85. The monoisotopic (exact) mass is 263 g/mol. The van der Waals surface area contributed by atoms with Gasteiger partial charge in [0.05, 0.1) is 12.5 Å². The largest absolute Gasteiger partial charge is 0.378 e. The molecule has 1 aliphatic heterocycles. The van der Waals surface area contributed by atoms with E-state index in [0.29, 0.717) is 6.42 Å². The van der Waals surface area contributed by atoms with Crippen LogP contribution in [0.5, 0.6) is 0 Å². The first kappa shape index (κ1) is 12.0. The zero-order chi connectivity index (χ0) is 10.6. The average molecular weight is 264 g/mol. The molecule has 1 rings (SSSR count). The summed E-state index contributed by atoms with van der Waals surface area (Å²) in [5.74, 6) is 0.184. The van der Waals surface area contributed by atoms with Crippen molar-refractivity contribution in [2.24, 2.45) is 0 Å². The van der Waals surface area contributed by atoms with Gasteiger partial charge in [-0.3, -0.25) is 4.79 Å². The van der Waals surface area contributed by atoms with Gasteiger partial charge < -0.3 is 9.64 Å². The molecule has 1 fully saturated rings. The maximum Gasteiger partial charge on any atom is 0.225 e. The van der Waals surface area contributed by atoms with Crippen molar-refractivity contribution in [3.8, 4) is 0 Å². The highest BCUT2D eigenvalue weighted by atomic mass is 79.9. The van der Waals surface area contributed by atoms with Gasteiger partial charge in [-0.05, 0) is 19.8 Å². The first-order valence-corrected chi connectivity index (χ1v) is 6.20. The van der Waals surface area contributed by atoms with Crippen LogP contribution in [-0.2, 0) is 9.53 Å². The van der Waals surface area contributed by atoms with Gasteiger partial charge in [-0.25, -0.2) is 0 Å². The molecule has 4 heteroatoms. The molecule has 0 spiro atoms. The van der Waals surface area contributed by atoms with Crippen LogP contribution in [0, 0.1) is 0 Å². The van der Waals surface area contributed by atoms with Gasteiger partial charge in [0.1, 0.15) is 0 Å². The Morgan fingerprint density at radius 2 is 2.43 bits per heavy atom. The summed E-state index contributed by atoms with van der Waals surface area (Å²) in [6, 6.07) is 0.254. The molecular weight excluding hydrogens is 246 g/mol. The van der Waals surface area contributed by atoms with Gasteiger partial charge in [0.2, 0.25) is 5.91 Å². The molecule has 0 aromatic rings. The Hall–Kier alpha value is -0.0900. The molecule has 1 aliphatic rings. The number of rotatable bonds is 4. The van der Waals surface area contributed by atoms with Gasteiger partial charge in [-0.2, -0.15) is 0 Å². The minimum Gasteiger partial charge on any atom is -0.378 e. The van der Waals surface area contributed by atoms with Gasteiger partial charge in [-0.1, -0.05) is 15.9 Å². The molecule has 1 heterocycles. The van der Waals surface area contributed by atoms with Gasteiger partial charge in [-0.15, -0.1) is 0 Å². The van der Waals surface area contributed by atoms with Crippen molar-refractivity contribution in [2.75, 3.05) is 19.0 Å². The summed E-state index contributed by atoms with van der Waals surface area (Å²) in [4.78, 5) is 13.5. The van der Waals surface area contributed by atoms with Gasteiger partial charge in [0, 0.05) is 25.0 Å². The summed E-state index contributed by atoms with van der Waals surface area (Å²) in [5.41, 5.74) is 0. The van der Waals surface area contributed by atoms with Crippen LogP contribution in [0.2, 0.25) is 0 Å². The molecule has 0 saturated carbocycles. The fourth-order valence-corrected chi connectivity index (χ4v) is 1.93. The molecule has 1 saturated heterocycles. The van der Waals surface area contributed by atoms with Crippen LogP contribution < -0.4 is 0 Å². The summed E-state index contributed by atoms with van der Waals surface area (Å²) in [7, 11) is 1.85. The van der Waals surface area contributed by atoms with Gasteiger partial charge >= 0.3 is 0 Å². The van der Waals surface area contributed by atoms with E-state index in [0.717, 1.165) is 24.8 Å². The summed E-state index contributed by atoms with van der Waals surface area (Å²) < 4.78 is 5.43. The highest BCUT2D eigenvalue weighted by Gasteiger charge is 2.22. The van der Waals surface area contributed by atoms with E-state index in [1.54, 1.807) is 4.90 Å². The molecule has 1 amide bonds. The van der Waals surface area contributed by atoms with Crippen molar-refractivity contribution in [2.45, 2.75) is 38.3 Å². The number of hydrogen-bond acceptors (Lipinski definition) is 2. The van der Waals surface area contributed by atoms with Gasteiger partial charge in [0.15, 0.2) is 0 Å². The topological polar surface area (TPSA) is 29.5 Å². The van der Waals surface area contributed by atoms with Crippen molar-refractivity contribution >= 4 is 21.8 Å². The summed E-state index contributed by atoms with van der Waals surface area (Å²) >= 11 is 3.37. The Bertz CT molecular complexity index is 193. The lowest BCUT2D eigenvalue weighted by atomic mass is 10.1. The van der Waals surface area contributed by atoms with Crippen molar-refractivity contribution < 1.29 is 9.53 Å². The number of ether oxygens (including phenoxy) is 1. The van der Waals surface area contributed by atoms with Crippen molar-refractivity contribution in [3.63, 3.8) is 0 Å². The number of hydrogen-bond donors (Lipinski definition) is 0. The molecule has 82 valence electrons. The number of nitrogens with zero attached hydrogens (tertiary/aromatic N) is 1. The van der Waals surface area contributed by atoms with Crippen LogP contribution >= 0.6 is 15.9 Å². The Morgan fingerprint density at radius 1 is 1.71 bits per heavy atom. The average Bonchev–Trinajstić information content (AvgIpc) is 2.68. The van der Waals surface area contributed by atoms with Crippen LogP contribution in [0.1, 0.15) is 26.2 Å². The lowest BCUT2D eigenvalue weighted by molar-refractivity contribution is -0.133. The van der Waals surface area contributed by atoms with E-state index < -0.39 is 0 Å². The van der Waals surface area contributed by atoms with E-state index in [4.69, 9.17) is 4.74 Å². The second-order valence-corrected chi connectivity index (χ2v) is 4.49. The number of amides is 1. The van der Waals surface area contributed by atoms with Crippen LogP contribution in [-0.4, -0.2) is 41.9 Å². The number of halogens is 1. The predicted molar refractivity (Wildman–Crippen MR) is 59.6 cm³/mol. The highest BCUT2D eigenvalue weighted by molar-refractivity contribution is 9.09. The van der Waals surface area contributed by atoms with E-state index in [1.165, 1.54) is 0 Å². The Balaban J connectivity index is 2.32. The maximum absolute atomic E-state index is 11.7. The normalized spacial score (nSPS) is 23.5. The van der Waals surface area contributed by atoms with Crippen LogP contribution in [0.3, 0.4) is 0 Å². The molecule has 2 atom stereocenters. The minimum absolute atomic E-state index is 0.160. The van der Waals surface area contributed by atoms with Crippen molar-refractivity contribution in [1.82, 2.24) is 4.90 Å². The summed E-state index contributed by atoms with van der Waals surface area (Å²) in [5, 5.41) is 0.820. The molecule has 0 aromatic heterocycles. The first-order valence-electron chi connectivity index (χ1n) is 5.08. The minimum atomic E-state index is 0.160. The Labute approximate surface area is 93.9 Å². The molecule has 0 N–H and O–H groups in total. The number of carbonyl (C=O) groups excluding carboxylic acids is 1. The number of alkyl halides is 1. The third-order valence-electron chi connectivity index (χ3n) is 2.70. The zero-order valence-electron chi connectivity index (χ0n) is 8.83. The van der Waals surface area contributed by atoms with Gasteiger partial charge in [0.25, 0.3) is 0 Å². The van der Waals surface area contributed by atoms with Crippen LogP contribution in [0.4, 0.5) is 0 Å². The summed E-state index contributed by atoms with van der Waals surface area (Å²) in [6.45, 7) is 2.85. The fourth-order valence-electron chi connectivity index (χ4n) is 1.49. The van der Waals surface area contributed by atoms with E-state index in [9.17, 15) is 4.79 Å². The maximum atomic E-state index is 11.7. The second kappa shape index (κ2) is 5.71. The Kier molecular flexibility index (Phi) is 4.89. The fraction of sp³-hybridized carbons (Fsp3) is 0.900. The third kappa shape index (κ3) is 3.24. The lowest BCUT2D eigenvalue weighted by Crippen LogP contribution is -2.37. The smallest absolute Gasteiger partial charge is 0.225 e. The molecule has 3 nitrogen and oxygen atoms in total. The molecule has 0 aromatic carbocycles. The SMILES string of the molecule is CC(CBr)N(C)C(=O)CC1CCCO1. The molecule has 0 aliphatic carbocycles. The molecule has 14 heavy (non-hydrogen) atoms.